The first-order chi connectivity index (χ1) is 12.0. The highest BCUT2D eigenvalue weighted by Crippen LogP contribution is 2.35. The SMILES string of the molecule is O=C(O)c1ccc(S(=O)(=O)N2CC(=O)N(C3CC3)C2)c(OC(F)(F)F)c1. The van der Waals surface area contributed by atoms with Crippen molar-refractivity contribution in [3.8, 4) is 5.75 Å². The molecule has 12 heteroatoms. The number of hydrogen-bond acceptors (Lipinski definition) is 5. The molecule has 0 spiro atoms. The van der Waals surface area contributed by atoms with E-state index in [9.17, 15) is 31.2 Å². The van der Waals surface area contributed by atoms with Gasteiger partial charge in [0.1, 0.15) is 10.6 Å². The fraction of sp³-hybridized carbons (Fsp3) is 0.429. The summed E-state index contributed by atoms with van der Waals surface area (Å²) in [6, 6.07) is 2.02. The van der Waals surface area contributed by atoms with Crippen molar-refractivity contribution in [3.05, 3.63) is 23.8 Å². The van der Waals surface area contributed by atoms with Gasteiger partial charge in [0.2, 0.25) is 15.9 Å². The summed E-state index contributed by atoms with van der Waals surface area (Å²) in [4.78, 5) is 23.4. The number of sulfonamides is 1. The molecule has 0 atom stereocenters. The molecule has 142 valence electrons. The van der Waals surface area contributed by atoms with Crippen molar-refractivity contribution in [2.45, 2.75) is 30.1 Å². The molecule has 0 aromatic heterocycles. The van der Waals surface area contributed by atoms with Gasteiger partial charge in [0, 0.05) is 6.04 Å². The average molecular weight is 394 g/mol. The number of carboxylic acids is 1. The van der Waals surface area contributed by atoms with Gasteiger partial charge >= 0.3 is 12.3 Å². The molecule has 3 rings (SSSR count). The van der Waals surface area contributed by atoms with E-state index >= 15 is 0 Å². The van der Waals surface area contributed by atoms with Crippen LogP contribution in [0.15, 0.2) is 23.1 Å². The lowest BCUT2D eigenvalue weighted by Gasteiger charge is -2.20. The number of rotatable bonds is 5. The van der Waals surface area contributed by atoms with E-state index in [1.807, 2.05) is 0 Å². The minimum absolute atomic E-state index is 0.0528. The Morgan fingerprint density at radius 3 is 2.46 bits per heavy atom. The number of aromatic carboxylic acids is 1. The van der Waals surface area contributed by atoms with Crippen LogP contribution >= 0.6 is 0 Å². The number of halogens is 3. The van der Waals surface area contributed by atoms with Crippen molar-refractivity contribution >= 4 is 21.9 Å². The molecule has 26 heavy (non-hydrogen) atoms. The summed E-state index contributed by atoms with van der Waals surface area (Å²) in [5, 5.41) is 8.90. The summed E-state index contributed by atoms with van der Waals surface area (Å²) in [5.41, 5.74) is -0.569. The topological polar surface area (TPSA) is 104 Å². The largest absolute Gasteiger partial charge is 0.573 e. The van der Waals surface area contributed by atoms with Crippen LogP contribution in [-0.4, -0.2) is 60.2 Å². The third-order valence-corrected chi connectivity index (χ3v) is 5.78. The van der Waals surface area contributed by atoms with Crippen LogP contribution in [0.2, 0.25) is 0 Å². The van der Waals surface area contributed by atoms with Crippen molar-refractivity contribution in [1.82, 2.24) is 9.21 Å². The zero-order valence-electron chi connectivity index (χ0n) is 13.1. The quantitative estimate of drug-likeness (QED) is 0.806. The number of carbonyl (C=O) groups is 2. The zero-order chi connectivity index (χ0) is 19.3. The highest BCUT2D eigenvalue weighted by Gasteiger charge is 2.44. The van der Waals surface area contributed by atoms with Gasteiger partial charge in [-0.1, -0.05) is 0 Å². The van der Waals surface area contributed by atoms with Crippen molar-refractivity contribution in [3.63, 3.8) is 0 Å². The van der Waals surface area contributed by atoms with Gasteiger partial charge in [0.05, 0.1) is 18.8 Å². The number of alkyl halides is 3. The first-order valence-corrected chi connectivity index (χ1v) is 8.86. The van der Waals surface area contributed by atoms with Gasteiger partial charge in [-0.3, -0.25) is 4.79 Å². The zero-order valence-corrected chi connectivity index (χ0v) is 13.9. The molecule has 1 aliphatic heterocycles. The predicted octanol–water partition coefficient (Wildman–Crippen LogP) is 1.24. The second-order valence-electron chi connectivity index (χ2n) is 5.87. The molecule has 1 N–H and O–H groups in total. The number of carbonyl (C=O) groups excluding carboxylic acids is 1. The van der Waals surface area contributed by atoms with E-state index < -0.39 is 51.0 Å². The van der Waals surface area contributed by atoms with Crippen LogP contribution in [0.3, 0.4) is 0 Å². The molecular formula is C14H13F3N2O6S. The molecule has 2 aliphatic rings. The Balaban J connectivity index is 1.98. The van der Waals surface area contributed by atoms with Crippen molar-refractivity contribution < 1.29 is 41.0 Å². The van der Waals surface area contributed by atoms with Crippen LogP contribution in [0.4, 0.5) is 13.2 Å². The van der Waals surface area contributed by atoms with E-state index in [1.54, 1.807) is 0 Å². The monoisotopic (exact) mass is 394 g/mol. The summed E-state index contributed by atoms with van der Waals surface area (Å²) in [6.07, 6.45) is -3.73. The fourth-order valence-electron chi connectivity index (χ4n) is 2.60. The normalized spacial score (nSPS) is 19.0. The van der Waals surface area contributed by atoms with Gasteiger partial charge in [-0.2, -0.15) is 4.31 Å². The van der Waals surface area contributed by atoms with E-state index in [0.29, 0.717) is 6.07 Å². The molecule has 1 heterocycles. The van der Waals surface area contributed by atoms with Crippen molar-refractivity contribution in [2.75, 3.05) is 13.2 Å². The summed E-state index contributed by atoms with van der Waals surface area (Å²) >= 11 is 0. The Morgan fingerprint density at radius 2 is 1.92 bits per heavy atom. The number of nitrogens with zero attached hydrogens (tertiary/aromatic N) is 2. The Bertz CT molecular complexity index is 866. The highest BCUT2D eigenvalue weighted by molar-refractivity contribution is 7.89. The van der Waals surface area contributed by atoms with Crippen molar-refractivity contribution in [1.29, 1.82) is 0 Å². The Kier molecular flexibility index (Phi) is 4.35. The fourth-order valence-corrected chi connectivity index (χ4v) is 4.03. The summed E-state index contributed by atoms with van der Waals surface area (Å²) < 4.78 is 67.7. The molecular weight excluding hydrogens is 381 g/mol. The van der Waals surface area contributed by atoms with E-state index in [4.69, 9.17) is 5.11 Å². The Morgan fingerprint density at radius 1 is 1.27 bits per heavy atom. The maximum atomic E-state index is 12.7. The first kappa shape index (κ1) is 18.5. The molecule has 0 unspecified atom stereocenters. The Hall–Kier alpha value is -2.34. The van der Waals surface area contributed by atoms with Crippen LogP contribution in [0, 0.1) is 0 Å². The Labute approximate surface area is 145 Å². The van der Waals surface area contributed by atoms with E-state index in [2.05, 4.69) is 4.74 Å². The van der Waals surface area contributed by atoms with Crippen LogP contribution in [0.5, 0.6) is 5.75 Å². The molecule has 1 saturated carbocycles. The second kappa shape index (κ2) is 6.13. The molecule has 0 bridgehead atoms. The maximum absolute atomic E-state index is 12.7. The number of carboxylic acid groups (broad SMARTS) is 1. The van der Waals surface area contributed by atoms with Crippen LogP contribution in [0.25, 0.3) is 0 Å². The minimum Gasteiger partial charge on any atom is -0.478 e. The smallest absolute Gasteiger partial charge is 0.478 e. The van der Waals surface area contributed by atoms with Gasteiger partial charge in [0.15, 0.2) is 0 Å². The molecule has 2 fully saturated rings. The molecule has 1 amide bonds. The molecule has 0 radical (unpaired) electrons. The highest BCUT2D eigenvalue weighted by atomic mass is 32.2. The van der Waals surface area contributed by atoms with Crippen LogP contribution in [-0.2, 0) is 14.8 Å². The lowest BCUT2D eigenvalue weighted by molar-refractivity contribution is -0.275. The van der Waals surface area contributed by atoms with Gasteiger partial charge in [0.25, 0.3) is 0 Å². The molecule has 1 aromatic carbocycles. The van der Waals surface area contributed by atoms with Gasteiger partial charge in [-0.05, 0) is 31.0 Å². The second-order valence-corrected chi connectivity index (χ2v) is 7.77. The molecule has 8 nitrogen and oxygen atoms in total. The molecule has 1 aromatic rings. The van der Waals surface area contributed by atoms with E-state index in [-0.39, 0.29) is 12.7 Å². The third kappa shape index (κ3) is 3.60. The number of benzene rings is 1. The van der Waals surface area contributed by atoms with E-state index in [0.717, 1.165) is 29.3 Å². The number of ether oxygens (including phenoxy) is 1. The number of amides is 1. The lowest BCUT2D eigenvalue weighted by Crippen LogP contribution is -2.33. The van der Waals surface area contributed by atoms with Gasteiger partial charge < -0.3 is 14.7 Å². The molecule has 1 aliphatic carbocycles. The first-order valence-electron chi connectivity index (χ1n) is 7.42. The maximum Gasteiger partial charge on any atom is 0.573 e. The van der Waals surface area contributed by atoms with Crippen molar-refractivity contribution in [2.24, 2.45) is 0 Å². The summed E-state index contributed by atoms with van der Waals surface area (Å²) in [6.45, 7) is -0.761. The third-order valence-electron chi connectivity index (χ3n) is 3.96. The number of hydrogen-bond donors (Lipinski definition) is 1. The minimum atomic E-state index is -5.22. The summed E-state index contributed by atoms with van der Waals surface area (Å²) in [5.74, 6) is -3.14. The van der Waals surface area contributed by atoms with Crippen LogP contribution in [0.1, 0.15) is 23.2 Å². The standard InChI is InChI=1S/C14H13F3N2O6S/c15-14(16,17)25-10-5-8(13(21)22)1-4-11(10)26(23,24)18-6-12(20)19(7-18)9-2-3-9/h1,4-5,9H,2-3,6-7H2,(H,21,22). The van der Waals surface area contributed by atoms with Gasteiger partial charge in [-0.15, -0.1) is 13.2 Å². The van der Waals surface area contributed by atoms with E-state index in [1.165, 1.54) is 4.90 Å². The van der Waals surface area contributed by atoms with Gasteiger partial charge in [-0.25, -0.2) is 13.2 Å². The summed E-state index contributed by atoms with van der Waals surface area (Å²) in [7, 11) is -4.50. The average Bonchev–Trinajstić information content (AvgIpc) is 3.27. The van der Waals surface area contributed by atoms with Crippen LogP contribution < -0.4 is 4.74 Å². The predicted molar refractivity (Wildman–Crippen MR) is 78.7 cm³/mol. The lowest BCUT2D eigenvalue weighted by atomic mass is 10.2. The molecule has 1 saturated heterocycles.